The van der Waals surface area contributed by atoms with Crippen LogP contribution < -0.4 is 0 Å². The van der Waals surface area contributed by atoms with Crippen molar-refractivity contribution >= 4 is 22.5 Å². The van der Waals surface area contributed by atoms with Crippen LogP contribution in [0.25, 0.3) is 27.9 Å². The fraction of sp³-hybridized carbons (Fsp3) is 0.296. The van der Waals surface area contributed by atoms with Crippen LogP contribution in [0, 0.1) is 0 Å². The third-order valence-electron chi connectivity index (χ3n) is 7.04. The van der Waals surface area contributed by atoms with Gasteiger partial charge in [0.2, 0.25) is 0 Å². The maximum Gasteiger partial charge on any atom is 0.257 e. The molecule has 0 radical (unpaired) electrons. The van der Waals surface area contributed by atoms with Gasteiger partial charge in [-0.25, -0.2) is 4.98 Å². The Morgan fingerprint density at radius 2 is 1.91 bits per heavy atom. The molecule has 4 aromatic rings. The molecule has 3 aromatic heterocycles. The highest BCUT2D eigenvalue weighted by Crippen LogP contribution is 2.36. The number of benzene rings is 1. The summed E-state index contributed by atoms with van der Waals surface area (Å²) in [6.45, 7) is 1.30. The zero-order valence-electron chi connectivity index (χ0n) is 18.6. The highest BCUT2D eigenvalue weighted by Gasteiger charge is 2.29. The monoisotopic (exact) mass is 437 g/mol. The van der Waals surface area contributed by atoms with E-state index in [4.69, 9.17) is 5.10 Å². The highest BCUT2D eigenvalue weighted by molar-refractivity contribution is 6.00. The van der Waals surface area contributed by atoms with Gasteiger partial charge in [-0.1, -0.05) is 49.2 Å². The van der Waals surface area contributed by atoms with Gasteiger partial charge in [0.1, 0.15) is 5.65 Å². The fourth-order valence-electron chi connectivity index (χ4n) is 5.32. The van der Waals surface area contributed by atoms with E-state index >= 15 is 0 Å². The van der Waals surface area contributed by atoms with Crippen LogP contribution in [0.1, 0.15) is 54.1 Å². The highest BCUT2D eigenvalue weighted by atomic mass is 16.2. The minimum Gasteiger partial charge on any atom is -0.346 e. The lowest BCUT2D eigenvalue weighted by atomic mass is 9.99. The van der Waals surface area contributed by atoms with Crippen molar-refractivity contribution in [3.05, 3.63) is 78.3 Å². The van der Waals surface area contributed by atoms with Gasteiger partial charge in [0.15, 0.2) is 0 Å². The van der Waals surface area contributed by atoms with E-state index in [9.17, 15) is 4.79 Å². The minimum absolute atomic E-state index is 0.0639. The first-order valence-electron chi connectivity index (χ1n) is 11.8. The molecule has 0 unspecified atom stereocenters. The Hall–Kier alpha value is -3.67. The second-order valence-corrected chi connectivity index (χ2v) is 8.99. The predicted molar refractivity (Wildman–Crippen MR) is 130 cm³/mol. The third kappa shape index (κ3) is 3.55. The molecule has 1 N–H and O–H groups in total. The van der Waals surface area contributed by atoms with E-state index in [1.807, 2.05) is 35.4 Å². The molecule has 6 rings (SSSR count). The van der Waals surface area contributed by atoms with Crippen LogP contribution in [0.5, 0.6) is 0 Å². The van der Waals surface area contributed by atoms with Gasteiger partial charge in [-0.2, -0.15) is 5.10 Å². The number of hydrogen-bond acceptors (Lipinski definition) is 3. The van der Waals surface area contributed by atoms with Crippen LogP contribution in [0.2, 0.25) is 0 Å². The number of nitrogens with zero attached hydrogens (tertiary/aromatic N) is 4. The largest absolute Gasteiger partial charge is 0.346 e. The first-order valence-corrected chi connectivity index (χ1v) is 11.8. The Morgan fingerprint density at radius 3 is 2.70 bits per heavy atom. The summed E-state index contributed by atoms with van der Waals surface area (Å²) in [4.78, 5) is 23.3. The first-order chi connectivity index (χ1) is 16.3. The lowest BCUT2D eigenvalue weighted by molar-refractivity contribution is 0.0773. The summed E-state index contributed by atoms with van der Waals surface area (Å²) in [6, 6.07) is 14.7. The zero-order chi connectivity index (χ0) is 22.2. The molecule has 4 heterocycles. The van der Waals surface area contributed by atoms with Gasteiger partial charge in [-0.15, -0.1) is 0 Å². The summed E-state index contributed by atoms with van der Waals surface area (Å²) in [6.07, 6.45) is 13.3. The number of pyridine rings is 1. The molecule has 1 fully saturated rings. The van der Waals surface area contributed by atoms with E-state index in [-0.39, 0.29) is 5.91 Å². The molecular weight excluding hydrogens is 410 g/mol. The average molecular weight is 438 g/mol. The summed E-state index contributed by atoms with van der Waals surface area (Å²) in [5, 5.41) is 5.86. The molecule has 1 amide bonds. The lowest BCUT2D eigenvalue weighted by Crippen LogP contribution is -2.34. The maximum absolute atomic E-state index is 13.7. The first kappa shape index (κ1) is 20.0. The molecule has 1 aliphatic carbocycles. The normalized spacial score (nSPS) is 17.0. The second-order valence-electron chi connectivity index (χ2n) is 8.99. The molecule has 6 heteroatoms. The number of nitrogens with one attached hydrogen (secondary N) is 1. The third-order valence-corrected chi connectivity index (χ3v) is 7.04. The van der Waals surface area contributed by atoms with Crippen molar-refractivity contribution in [2.24, 2.45) is 0 Å². The molecule has 166 valence electrons. The summed E-state index contributed by atoms with van der Waals surface area (Å²) in [5.74, 6) is 0.0639. The number of carbonyl (C=O) groups is 1. The SMILES string of the molecule is O=C(c1cnn(C2CCCC2)c1-c1ccccc1)N1CC=C(c2c[nH]c3ncccc23)CC1. The van der Waals surface area contributed by atoms with Crippen LogP contribution in [0.3, 0.4) is 0 Å². The van der Waals surface area contributed by atoms with Crippen molar-refractivity contribution in [1.82, 2.24) is 24.6 Å². The van der Waals surface area contributed by atoms with E-state index in [2.05, 4.69) is 38.9 Å². The van der Waals surface area contributed by atoms with Crippen LogP contribution in [0.15, 0.2) is 67.1 Å². The number of amides is 1. The fourth-order valence-corrected chi connectivity index (χ4v) is 5.32. The van der Waals surface area contributed by atoms with E-state index in [0.29, 0.717) is 24.7 Å². The van der Waals surface area contributed by atoms with Crippen LogP contribution in [0.4, 0.5) is 0 Å². The molecule has 1 aromatic carbocycles. The number of carbonyl (C=O) groups excluding carboxylic acids is 1. The van der Waals surface area contributed by atoms with Gasteiger partial charge in [-0.3, -0.25) is 9.48 Å². The lowest BCUT2D eigenvalue weighted by Gasteiger charge is -2.27. The smallest absolute Gasteiger partial charge is 0.257 e. The molecule has 0 atom stereocenters. The van der Waals surface area contributed by atoms with Gasteiger partial charge < -0.3 is 9.88 Å². The zero-order valence-corrected chi connectivity index (χ0v) is 18.6. The van der Waals surface area contributed by atoms with Gasteiger partial charge in [0.05, 0.1) is 23.5 Å². The van der Waals surface area contributed by atoms with E-state index in [1.165, 1.54) is 24.0 Å². The molecule has 0 spiro atoms. The van der Waals surface area contributed by atoms with E-state index < -0.39 is 0 Å². The summed E-state index contributed by atoms with van der Waals surface area (Å²) >= 11 is 0. The Balaban J connectivity index is 1.30. The summed E-state index contributed by atoms with van der Waals surface area (Å²) < 4.78 is 2.11. The van der Waals surface area contributed by atoms with Crippen molar-refractivity contribution in [3.63, 3.8) is 0 Å². The van der Waals surface area contributed by atoms with Crippen molar-refractivity contribution in [3.8, 4) is 11.3 Å². The minimum atomic E-state index is 0.0639. The predicted octanol–water partition coefficient (Wildman–Crippen LogP) is 5.47. The van der Waals surface area contributed by atoms with E-state index in [0.717, 1.165) is 41.6 Å². The molecule has 1 aliphatic heterocycles. The molecule has 1 saturated carbocycles. The Bertz CT molecular complexity index is 1330. The number of hydrogen-bond donors (Lipinski definition) is 1. The standard InChI is InChI=1S/C27H27N5O/c33-27(31-15-12-19(13-16-31)23-17-29-26-22(23)11-6-14-28-26)24-18-30-32(21-9-4-5-10-21)25(24)20-7-2-1-3-8-20/h1-3,6-8,11-12,14,17-18,21H,4-5,9-10,13,15-16H2,(H,28,29). The number of aromatic nitrogens is 4. The van der Waals surface area contributed by atoms with Crippen LogP contribution in [-0.4, -0.2) is 43.6 Å². The maximum atomic E-state index is 13.7. The second kappa shape index (κ2) is 8.35. The molecule has 0 saturated heterocycles. The number of rotatable bonds is 4. The molecule has 33 heavy (non-hydrogen) atoms. The van der Waals surface area contributed by atoms with Crippen molar-refractivity contribution in [2.75, 3.05) is 13.1 Å². The molecule has 0 bridgehead atoms. The number of fused-ring (bicyclic) bond motifs is 1. The number of aromatic amines is 1. The van der Waals surface area contributed by atoms with Gasteiger partial charge in [0.25, 0.3) is 5.91 Å². The van der Waals surface area contributed by atoms with Crippen molar-refractivity contribution < 1.29 is 4.79 Å². The summed E-state index contributed by atoms with van der Waals surface area (Å²) in [5.41, 5.74) is 6.09. The Morgan fingerprint density at radius 1 is 1.06 bits per heavy atom. The molecular formula is C27H27N5O. The Kier molecular flexibility index (Phi) is 5.06. The topological polar surface area (TPSA) is 66.8 Å². The van der Waals surface area contributed by atoms with Crippen molar-refractivity contribution in [2.45, 2.75) is 38.1 Å². The summed E-state index contributed by atoms with van der Waals surface area (Å²) in [7, 11) is 0. The number of H-pyrrole nitrogens is 1. The average Bonchev–Trinajstić information content (AvgIpc) is 3.63. The van der Waals surface area contributed by atoms with E-state index in [1.54, 1.807) is 12.4 Å². The Labute approximate surface area is 192 Å². The van der Waals surface area contributed by atoms with Gasteiger partial charge in [-0.05, 0) is 37.0 Å². The van der Waals surface area contributed by atoms with Gasteiger partial charge >= 0.3 is 0 Å². The van der Waals surface area contributed by atoms with Crippen LogP contribution in [-0.2, 0) is 0 Å². The van der Waals surface area contributed by atoms with Crippen LogP contribution >= 0.6 is 0 Å². The van der Waals surface area contributed by atoms with Crippen molar-refractivity contribution in [1.29, 1.82) is 0 Å². The quantitative estimate of drug-likeness (QED) is 0.460. The molecule has 2 aliphatic rings. The molecule has 6 nitrogen and oxygen atoms in total. The van der Waals surface area contributed by atoms with Gasteiger partial charge in [0, 0.05) is 42.0 Å².